The van der Waals surface area contributed by atoms with Crippen molar-refractivity contribution in [1.82, 2.24) is 5.32 Å². The number of nitrogens with one attached hydrogen (secondary N) is 2. The van der Waals surface area contributed by atoms with Crippen molar-refractivity contribution < 1.29 is 9.59 Å². The fourth-order valence-corrected chi connectivity index (χ4v) is 2.90. The molecule has 2 rings (SSSR count). The van der Waals surface area contributed by atoms with Crippen molar-refractivity contribution in [2.24, 2.45) is 11.7 Å². The molecule has 4 N–H and O–H groups in total. The lowest BCUT2D eigenvalue weighted by molar-refractivity contribution is -0.120. The molecule has 7 heteroatoms. The molecule has 0 unspecified atom stereocenters. The molecule has 0 aliphatic carbocycles. The lowest BCUT2D eigenvalue weighted by Crippen LogP contribution is -2.37. The first-order valence-electron chi connectivity index (χ1n) is 6.68. The summed E-state index contributed by atoms with van der Waals surface area (Å²) in [7, 11) is 0. The van der Waals surface area contributed by atoms with Crippen LogP contribution in [0.5, 0.6) is 0 Å². The van der Waals surface area contributed by atoms with E-state index in [9.17, 15) is 9.59 Å². The van der Waals surface area contributed by atoms with E-state index in [1.807, 2.05) is 24.3 Å². The average Bonchev–Trinajstić information content (AvgIpc) is 2.47. The van der Waals surface area contributed by atoms with Gasteiger partial charge in [-0.3, -0.25) is 9.59 Å². The molecular formula is C14H20ClN3O2S. The third-order valence-corrected chi connectivity index (χ3v) is 4.28. The summed E-state index contributed by atoms with van der Waals surface area (Å²) in [6.45, 7) is 1.71. The number of hydrogen-bond donors (Lipinski definition) is 3. The molecule has 2 amide bonds. The minimum absolute atomic E-state index is 0. The molecule has 5 nitrogen and oxygen atoms in total. The van der Waals surface area contributed by atoms with E-state index in [1.165, 1.54) is 11.8 Å². The van der Waals surface area contributed by atoms with Gasteiger partial charge in [0.25, 0.3) is 0 Å². The van der Waals surface area contributed by atoms with Gasteiger partial charge in [-0.25, -0.2) is 0 Å². The van der Waals surface area contributed by atoms with Crippen molar-refractivity contribution >= 4 is 41.7 Å². The number of anilines is 1. The third kappa shape index (κ3) is 5.57. The minimum Gasteiger partial charge on any atom is -0.369 e. The Morgan fingerprint density at radius 3 is 2.81 bits per heavy atom. The van der Waals surface area contributed by atoms with Crippen molar-refractivity contribution in [3.05, 3.63) is 24.3 Å². The number of nitrogens with two attached hydrogens (primary N) is 1. The number of benzene rings is 1. The summed E-state index contributed by atoms with van der Waals surface area (Å²) in [5.74, 6) is -0.118. The van der Waals surface area contributed by atoms with Crippen LogP contribution in [0.3, 0.4) is 0 Å². The Balaban J connectivity index is 0.00000220. The van der Waals surface area contributed by atoms with Crippen LogP contribution >= 0.6 is 24.2 Å². The number of primary amides is 1. The molecule has 1 fully saturated rings. The molecule has 0 saturated carbocycles. The van der Waals surface area contributed by atoms with Gasteiger partial charge >= 0.3 is 0 Å². The number of thioether (sulfide) groups is 1. The van der Waals surface area contributed by atoms with Crippen LogP contribution in [0.4, 0.5) is 5.69 Å². The normalized spacial score (nSPS) is 17.6. The smallest absolute Gasteiger partial charge is 0.228 e. The van der Waals surface area contributed by atoms with Crippen molar-refractivity contribution in [2.75, 3.05) is 24.2 Å². The van der Waals surface area contributed by atoms with Crippen LogP contribution in [0.1, 0.15) is 12.8 Å². The molecule has 116 valence electrons. The van der Waals surface area contributed by atoms with Gasteiger partial charge in [-0.1, -0.05) is 12.1 Å². The highest BCUT2D eigenvalue weighted by Gasteiger charge is 2.21. The second-order valence-corrected chi connectivity index (χ2v) is 5.80. The number of piperidine rings is 1. The van der Waals surface area contributed by atoms with Gasteiger partial charge in [0.15, 0.2) is 0 Å². The highest BCUT2D eigenvalue weighted by atomic mass is 35.5. The Morgan fingerprint density at radius 2 is 2.14 bits per heavy atom. The van der Waals surface area contributed by atoms with Gasteiger partial charge in [-0.2, -0.15) is 0 Å². The highest BCUT2D eigenvalue weighted by Crippen LogP contribution is 2.27. The van der Waals surface area contributed by atoms with Crippen LogP contribution in [0.25, 0.3) is 0 Å². The Labute approximate surface area is 134 Å². The van der Waals surface area contributed by atoms with Gasteiger partial charge < -0.3 is 16.4 Å². The molecule has 1 atom stereocenters. The Bertz CT molecular complexity index is 493. The van der Waals surface area contributed by atoms with Crippen LogP contribution in [0.2, 0.25) is 0 Å². The fraction of sp³-hybridized carbons (Fsp3) is 0.429. The molecule has 1 aromatic carbocycles. The number of amides is 2. The monoisotopic (exact) mass is 329 g/mol. The van der Waals surface area contributed by atoms with Gasteiger partial charge in [0.2, 0.25) is 11.8 Å². The molecule has 1 aromatic rings. The van der Waals surface area contributed by atoms with Gasteiger partial charge in [0, 0.05) is 11.4 Å². The number of halogens is 1. The molecule has 21 heavy (non-hydrogen) atoms. The summed E-state index contributed by atoms with van der Waals surface area (Å²) < 4.78 is 0. The molecule has 1 aliphatic heterocycles. The predicted molar refractivity (Wildman–Crippen MR) is 87.8 cm³/mol. The summed E-state index contributed by atoms with van der Waals surface area (Å²) in [6, 6.07) is 7.46. The summed E-state index contributed by atoms with van der Waals surface area (Å²) in [4.78, 5) is 23.9. The zero-order valence-electron chi connectivity index (χ0n) is 11.6. The maximum Gasteiger partial charge on any atom is 0.228 e. The average molecular weight is 330 g/mol. The molecule has 1 heterocycles. The van der Waals surface area contributed by atoms with Gasteiger partial charge in [0.05, 0.1) is 17.4 Å². The summed E-state index contributed by atoms with van der Waals surface area (Å²) >= 11 is 1.34. The standard InChI is InChI=1S/C14H19N3O2S.ClH/c15-13(18)9-20-12-6-2-1-5-11(12)17-14(19)10-4-3-7-16-8-10;/h1-2,5-6,10,16H,3-4,7-9H2,(H2,15,18)(H,17,19);1H/t10-;/m1./s1. The van der Waals surface area contributed by atoms with E-state index in [0.717, 1.165) is 36.5 Å². The molecule has 0 aromatic heterocycles. The fourth-order valence-electron chi connectivity index (χ4n) is 2.16. The van der Waals surface area contributed by atoms with Crippen molar-refractivity contribution in [3.63, 3.8) is 0 Å². The van der Waals surface area contributed by atoms with E-state index < -0.39 is 0 Å². The van der Waals surface area contributed by atoms with Crippen LogP contribution in [-0.4, -0.2) is 30.7 Å². The Morgan fingerprint density at radius 1 is 1.38 bits per heavy atom. The summed E-state index contributed by atoms with van der Waals surface area (Å²) in [5.41, 5.74) is 5.90. The number of hydrogen-bond acceptors (Lipinski definition) is 4. The zero-order valence-corrected chi connectivity index (χ0v) is 13.3. The first kappa shape index (κ1) is 17.8. The number of rotatable bonds is 5. The van der Waals surface area contributed by atoms with E-state index in [1.54, 1.807) is 0 Å². The van der Waals surface area contributed by atoms with E-state index in [4.69, 9.17) is 5.73 Å². The predicted octanol–water partition coefficient (Wildman–Crippen LogP) is 1.62. The van der Waals surface area contributed by atoms with Gasteiger partial charge in [0.1, 0.15) is 0 Å². The second-order valence-electron chi connectivity index (χ2n) is 4.78. The quantitative estimate of drug-likeness (QED) is 0.717. The number of carbonyl (C=O) groups excluding carboxylic acids is 2. The first-order chi connectivity index (χ1) is 9.66. The van der Waals surface area contributed by atoms with Gasteiger partial charge in [-0.15, -0.1) is 24.2 Å². The van der Waals surface area contributed by atoms with Crippen molar-refractivity contribution in [2.45, 2.75) is 17.7 Å². The van der Waals surface area contributed by atoms with E-state index in [2.05, 4.69) is 10.6 Å². The molecule has 1 aliphatic rings. The number of carbonyl (C=O) groups is 2. The highest BCUT2D eigenvalue weighted by molar-refractivity contribution is 8.00. The van der Waals surface area contributed by atoms with Gasteiger partial charge in [-0.05, 0) is 31.5 Å². The largest absolute Gasteiger partial charge is 0.369 e. The minimum atomic E-state index is -0.368. The Hall–Kier alpha value is -1.24. The topological polar surface area (TPSA) is 84.2 Å². The van der Waals surface area contributed by atoms with Crippen LogP contribution in [-0.2, 0) is 9.59 Å². The molecule has 0 bridgehead atoms. The van der Waals surface area contributed by atoms with Crippen LogP contribution in [0.15, 0.2) is 29.2 Å². The summed E-state index contributed by atoms with van der Waals surface area (Å²) in [5, 5.41) is 6.18. The van der Waals surface area contributed by atoms with Crippen molar-refractivity contribution in [1.29, 1.82) is 0 Å². The zero-order chi connectivity index (χ0) is 14.4. The third-order valence-electron chi connectivity index (χ3n) is 3.18. The maximum absolute atomic E-state index is 12.2. The van der Waals surface area contributed by atoms with Crippen LogP contribution in [0, 0.1) is 5.92 Å². The molecule has 1 saturated heterocycles. The molecule has 0 radical (unpaired) electrons. The SMILES string of the molecule is Cl.NC(=O)CSc1ccccc1NC(=O)[C@@H]1CCCNC1. The Kier molecular flexibility index (Phi) is 7.56. The summed E-state index contributed by atoms with van der Waals surface area (Å²) in [6.07, 6.45) is 1.94. The number of para-hydroxylation sites is 1. The second kappa shape index (κ2) is 8.92. The van der Waals surface area contributed by atoms with Crippen molar-refractivity contribution in [3.8, 4) is 0 Å². The van der Waals surface area contributed by atoms with E-state index in [0.29, 0.717) is 0 Å². The molecule has 0 spiro atoms. The maximum atomic E-state index is 12.2. The first-order valence-corrected chi connectivity index (χ1v) is 7.67. The van der Waals surface area contributed by atoms with E-state index >= 15 is 0 Å². The lowest BCUT2D eigenvalue weighted by Gasteiger charge is -2.22. The lowest BCUT2D eigenvalue weighted by atomic mass is 9.99. The van der Waals surface area contributed by atoms with E-state index in [-0.39, 0.29) is 35.9 Å². The molecular weight excluding hydrogens is 310 g/mol. The van der Waals surface area contributed by atoms with Crippen LogP contribution < -0.4 is 16.4 Å².